The molecule has 1 rings (SSSR count). The van der Waals surface area contributed by atoms with Gasteiger partial charge in [0, 0.05) is 6.07 Å². The van der Waals surface area contributed by atoms with Gasteiger partial charge in [-0.05, 0) is 31.6 Å². The number of benzene rings is 1. The Balaban J connectivity index is 2.97. The van der Waals surface area contributed by atoms with Crippen LogP contribution in [0.1, 0.15) is 5.56 Å². The van der Waals surface area contributed by atoms with Crippen LogP contribution in [-0.4, -0.2) is 32.9 Å². The molecule has 84 valence electrons. The summed E-state index contributed by atoms with van der Waals surface area (Å²) in [5, 5.41) is 12.7. The molecule has 0 aliphatic carbocycles. The number of likely N-dealkylation sites (N-methyl/N-ethyl adjacent to an activating group) is 1. The van der Waals surface area contributed by atoms with Gasteiger partial charge in [0.15, 0.2) is 11.5 Å². The van der Waals surface area contributed by atoms with Gasteiger partial charge < -0.3 is 19.9 Å². The fourth-order valence-electron chi connectivity index (χ4n) is 1.37. The van der Waals surface area contributed by atoms with Crippen molar-refractivity contribution < 1.29 is 14.6 Å². The smallest absolute Gasteiger partial charge is 0.164 e. The second-order valence-corrected chi connectivity index (χ2v) is 3.19. The molecule has 15 heavy (non-hydrogen) atoms. The van der Waals surface area contributed by atoms with E-state index >= 15 is 0 Å². The molecule has 0 fully saturated rings. The summed E-state index contributed by atoms with van der Waals surface area (Å²) in [5.41, 5.74) is 0.849. The number of hydrogen-bond donors (Lipinski definition) is 2. The molecule has 0 aliphatic rings. The third-order valence-corrected chi connectivity index (χ3v) is 2.23. The van der Waals surface area contributed by atoms with Gasteiger partial charge in [-0.1, -0.05) is 0 Å². The highest BCUT2D eigenvalue weighted by atomic mass is 16.5. The number of rotatable bonds is 5. The summed E-state index contributed by atoms with van der Waals surface area (Å²) in [5.74, 6) is 1.42. The van der Waals surface area contributed by atoms with Crippen molar-refractivity contribution in [1.82, 2.24) is 5.32 Å². The van der Waals surface area contributed by atoms with Gasteiger partial charge in [0.2, 0.25) is 0 Å². The van der Waals surface area contributed by atoms with Gasteiger partial charge in [0.1, 0.15) is 5.75 Å². The lowest BCUT2D eigenvalue weighted by molar-refractivity contribution is 0.350. The van der Waals surface area contributed by atoms with Gasteiger partial charge >= 0.3 is 0 Å². The SMILES string of the molecule is CNCCc1cc(OC)c(OC)cc1O. The molecule has 0 aromatic heterocycles. The quantitative estimate of drug-likeness (QED) is 0.767. The Morgan fingerprint density at radius 3 is 2.33 bits per heavy atom. The lowest BCUT2D eigenvalue weighted by Crippen LogP contribution is -2.10. The van der Waals surface area contributed by atoms with Crippen LogP contribution in [0.15, 0.2) is 12.1 Å². The van der Waals surface area contributed by atoms with Crippen molar-refractivity contribution in [3.8, 4) is 17.2 Å². The number of nitrogens with one attached hydrogen (secondary N) is 1. The van der Waals surface area contributed by atoms with Crippen LogP contribution in [0.4, 0.5) is 0 Å². The Labute approximate surface area is 89.8 Å². The van der Waals surface area contributed by atoms with E-state index < -0.39 is 0 Å². The molecule has 0 unspecified atom stereocenters. The predicted octanol–water partition coefficient (Wildman–Crippen LogP) is 1.17. The monoisotopic (exact) mass is 211 g/mol. The molecule has 0 radical (unpaired) electrons. The van der Waals surface area contributed by atoms with E-state index in [0.29, 0.717) is 11.5 Å². The van der Waals surface area contributed by atoms with Crippen molar-refractivity contribution in [2.24, 2.45) is 0 Å². The van der Waals surface area contributed by atoms with Crippen molar-refractivity contribution in [2.75, 3.05) is 27.8 Å². The molecule has 1 aromatic rings. The fraction of sp³-hybridized carbons (Fsp3) is 0.455. The predicted molar refractivity (Wildman–Crippen MR) is 58.8 cm³/mol. The summed E-state index contributed by atoms with van der Waals surface area (Å²) in [6.07, 6.45) is 0.753. The summed E-state index contributed by atoms with van der Waals surface area (Å²) in [4.78, 5) is 0. The van der Waals surface area contributed by atoms with Gasteiger partial charge in [0.05, 0.1) is 14.2 Å². The van der Waals surface area contributed by atoms with Crippen LogP contribution in [0.25, 0.3) is 0 Å². The van der Waals surface area contributed by atoms with Crippen LogP contribution in [0.3, 0.4) is 0 Å². The fourth-order valence-corrected chi connectivity index (χ4v) is 1.37. The molecule has 0 atom stereocenters. The van der Waals surface area contributed by atoms with Crippen LogP contribution in [0.2, 0.25) is 0 Å². The Hall–Kier alpha value is -1.42. The first-order chi connectivity index (χ1) is 7.22. The van der Waals surface area contributed by atoms with Crippen LogP contribution < -0.4 is 14.8 Å². The van der Waals surface area contributed by atoms with Crippen LogP contribution >= 0.6 is 0 Å². The average molecular weight is 211 g/mol. The van der Waals surface area contributed by atoms with Gasteiger partial charge in [-0.2, -0.15) is 0 Å². The molecule has 4 heteroatoms. The highest BCUT2D eigenvalue weighted by Crippen LogP contribution is 2.33. The Bertz CT molecular complexity index is 326. The van der Waals surface area contributed by atoms with Crippen molar-refractivity contribution in [3.63, 3.8) is 0 Å². The molecule has 0 amide bonds. The van der Waals surface area contributed by atoms with Crippen molar-refractivity contribution in [2.45, 2.75) is 6.42 Å². The van der Waals surface area contributed by atoms with Crippen molar-refractivity contribution >= 4 is 0 Å². The maximum atomic E-state index is 9.71. The normalized spacial score (nSPS) is 10.1. The van der Waals surface area contributed by atoms with Gasteiger partial charge in [-0.15, -0.1) is 0 Å². The molecule has 0 spiro atoms. The van der Waals surface area contributed by atoms with E-state index in [4.69, 9.17) is 9.47 Å². The molecular formula is C11H17NO3. The number of aromatic hydroxyl groups is 1. The first kappa shape index (κ1) is 11.7. The molecule has 2 N–H and O–H groups in total. The molecule has 1 aromatic carbocycles. The number of ether oxygens (including phenoxy) is 2. The highest BCUT2D eigenvalue weighted by Gasteiger charge is 2.09. The lowest BCUT2D eigenvalue weighted by atomic mass is 10.1. The summed E-state index contributed by atoms with van der Waals surface area (Å²) in [6.45, 7) is 0.809. The van der Waals surface area contributed by atoms with Gasteiger partial charge in [-0.25, -0.2) is 0 Å². The molecule has 0 bridgehead atoms. The molecule has 0 aliphatic heterocycles. The third kappa shape index (κ3) is 2.76. The first-order valence-electron chi connectivity index (χ1n) is 4.81. The van der Waals surface area contributed by atoms with Gasteiger partial charge in [-0.3, -0.25) is 0 Å². The number of phenols is 1. The summed E-state index contributed by atoms with van der Waals surface area (Å²) >= 11 is 0. The van der Waals surface area contributed by atoms with E-state index in [1.165, 1.54) is 0 Å². The third-order valence-electron chi connectivity index (χ3n) is 2.23. The van der Waals surface area contributed by atoms with Crippen LogP contribution in [-0.2, 0) is 6.42 Å². The largest absolute Gasteiger partial charge is 0.508 e. The Kier molecular flexibility index (Phi) is 4.24. The molecule has 0 heterocycles. The summed E-state index contributed by atoms with van der Waals surface area (Å²) in [6, 6.07) is 3.37. The lowest BCUT2D eigenvalue weighted by Gasteiger charge is -2.11. The zero-order valence-corrected chi connectivity index (χ0v) is 9.33. The minimum Gasteiger partial charge on any atom is -0.508 e. The second kappa shape index (κ2) is 5.46. The number of phenolic OH excluding ortho intramolecular Hbond substituents is 1. The zero-order valence-electron chi connectivity index (χ0n) is 9.33. The summed E-state index contributed by atoms with van der Waals surface area (Å²) in [7, 11) is 5.00. The van der Waals surface area contributed by atoms with E-state index in [-0.39, 0.29) is 5.75 Å². The van der Waals surface area contributed by atoms with E-state index in [9.17, 15) is 5.11 Å². The minimum absolute atomic E-state index is 0.239. The average Bonchev–Trinajstić information content (AvgIpc) is 2.27. The second-order valence-electron chi connectivity index (χ2n) is 3.19. The molecule has 0 saturated carbocycles. The minimum atomic E-state index is 0.239. The maximum Gasteiger partial charge on any atom is 0.164 e. The van der Waals surface area contributed by atoms with Crippen molar-refractivity contribution in [3.05, 3.63) is 17.7 Å². The number of methoxy groups -OCH3 is 2. The van der Waals surface area contributed by atoms with Crippen LogP contribution in [0.5, 0.6) is 17.2 Å². The van der Waals surface area contributed by atoms with Crippen LogP contribution in [0, 0.1) is 0 Å². The number of hydrogen-bond acceptors (Lipinski definition) is 4. The van der Waals surface area contributed by atoms with E-state index in [1.807, 2.05) is 7.05 Å². The van der Waals surface area contributed by atoms with Gasteiger partial charge in [0.25, 0.3) is 0 Å². The highest BCUT2D eigenvalue weighted by molar-refractivity contribution is 5.50. The van der Waals surface area contributed by atoms with E-state index in [2.05, 4.69) is 5.32 Å². The van der Waals surface area contributed by atoms with E-state index in [1.54, 1.807) is 26.4 Å². The van der Waals surface area contributed by atoms with E-state index in [0.717, 1.165) is 18.5 Å². The Morgan fingerprint density at radius 1 is 1.20 bits per heavy atom. The standard InChI is InChI=1S/C11H17NO3/c1-12-5-4-8-6-10(14-2)11(15-3)7-9(8)13/h6-7,12-13H,4-5H2,1-3H3. The molecular weight excluding hydrogens is 194 g/mol. The zero-order chi connectivity index (χ0) is 11.3. The Morgan fingerprint density at radius 2 is 1.80 bits per heavy atom. The summed E-state index contributed by atoms with van der Waals surface area (Å²) < 4.78 is 10.2. The molecule has 0 saturated heterocycles. The topological polar surface area (TPSA) is 50.7 Å². The van der Waals surface area contributed by atoms with Crippen molar-refractivity contribution in [1.29, 1.82) is 0 Å². The maximum absolute atomic E-state index is 9.71. The first-order valence-corrected chi connectivity index (χ1v) is 4.81. The molecule has 4 nitrogen and oxygen atoms in total.